The number of hydrogen-bond donors (Lipinski definition) is 1. The van der Waals surface area contributed by atoms with Crippen LogP contribution in [0.1, 0.15) is 42.1 Å². The zero-order valence-corrected chi connectivity index (χ0v) is 16.8. The molecule has 5 rings (SSSR count). The molecule has 9 nitrogen and oxygen atoms in total. The molecule has 30 heavy (non-hydrogen) atoms. The Morgan fingerprint density at radius 2 is 1.97 bits per heavy atom. The number of fused-ring (bicyclic) bond motifs is 1. The molecular formula is C21H24N4O5. The third-order valence-corrected chi connectivity index (χ3v) is 6.49. The Morgan fingerprint density at radius 1 is 1.13 bits per heavy atom. The molecule has 5 amide bonds. The molecule has 0 spiro atoms. The average molecular weight is 412 g/mol. The van der Waals surface area contributed by atoms with Gasteiger partial charge in [-0.15, -0.1) is 0 Å². The molecule has 158 valence electrons. The van der Waals surface area contributed by atoms with Crippen molar-refractivity contribution in [2.24, 2.45) is 0 Å². The van der Waals surface area contributed by atoms with Crippen molar-refractivity contribution in [2.75, 3.05) is 24.7 Å². The molecule has 4 heterocycles. The van der Waals surface area contributed by atoms with Gasteiger partial charge >= 0.3 is 6.03 Å². The van der Waals surface area contributed by atoms with E-state index >= 15 is 0 Å². The molecule has 0 bridgehead atoms. The number of imide groups is 1. The van der Waals surface area contributed by atoms with Crippen LogP contribution < -0.4 is 10.2 Å². The number of amides is 5. The summed E-state index contributed by atoms with van der Waals surface area (Å²) in [6.45, 7) is 4.17. The van der Waals surface area contributed by atoms with Crippen molar-refractivity contribution in [3.63, 3.8) is 0 Å². The van der Waals surface area contributed by atoms with Gasteiger partial charge in [-0.2, -0.15) is 0 Å². The van der Waals surface area contributed by atoms with Crippen LogP contribution in [-0.2, 0) is 20.9 Å². The number of nitrogens with one attached hydrogen (secondary N) is 1. The van der Waals surface area contributed by atoms with E-state index in [1.165, 1.54) is 4.90 Å². The Bertz CT molecular complexity index is 941. The van der Waals surface area contributed by atoms with Crippen molar-refractivity contribution in [3.8, 4) is 0 Å². The first kappa shape index (κ1) is 19.0. The number of ether oxygens (including phenoxy) is 1. The van der Waals surface area contributed by atoms with Gasteiger partial charge in [0, 0.05) is 43.4 Å². The van der Waals surface area contributed by atoms with Gasteiger partial charge in [0.1, 0.15) is 6.04 Å². The Labute approximate surface area is 173 Å². The Morgan fingerprint density at radius 3 is 2.70 bits per heavy atom. The number of piperidine rings is 1. The molecule has 1 aromatic rings. The highest BCUT2D eigenvalue weighted by Crippen LogP contribution is 2.33. The summed E-state index contributed by atoms with van der Waals surface area (Å²) in [6, 6.07) is 4.91. The molecule has 9 heteroatoms. The smallest absolute Gasteiger partial charge is 0.325 e. The normalized spacial score (nSPS) is 29.1. The molecule has 4 aliphatic rings. The molecule has 4 aliphatic heterocycles. The van der Waals surface area contributed by atoms with Crippen molar-refractivity contribution >= 4 is 29.4 Å². The minimum atomic E-state index is -0.641. The summed E-state index contributed by atoms with van der Waals surface area (Å²) in [4.78, 5) is 54.8. The summed E-state index contributed by atoms with van der Waals surface area (Å²) in [7, 11) is 0. The second kappa shape index (κ2) is 7.09. The summed E-state index contributed by atoms with van der Waals surface area (Å²) in [5.74, 6) is -0.941. The van der Waals surface area contributed by atoms with E-state index in [1.54, 1.807) is 17.0 Å². The average Bonchev–Trinajstić information content (AvgIpc) is 3.41. The van der Waals surface area contributed by atoms with Crippen LogP contribution >= 0.6 is 0 Å². The molecular weight excluding hydrogens is 388 g/mol. The lowest BCUT2D eigenvalue weighted by atomic mass is 10.0. The molecule has 1 aromatic carbocycles. The minimum absolute atomic E-state index is 0.0377. The van der Waals surface area contributed by atoms with E-state index in [-0.39, 0.29) is 36.3 Å². The van der Waals surface area contributed by atoms with Gasteiger partial charge in [-0.05, 0) is 43.5 Å². The molecule has 1 N–H and O–H groups in total. The standard InChI is InChI=1S/C21H24N4O5/c1-12-9-23(21(29)25(12)15-6-7-30-11-15)14-2-3-16-13(8-14)10-24(20(16)28)17-4-5-18(26)22-19(17)27/h2-3,8,12,15,17H,4-7,9-11H2,1H3,(H,22,26,27)/t12-,15?,17?/m1/s1. The quantitative estimate of drug-likeness (QED) is 0.743. The van der Waals surface area contributed by atoms with E-state index in [2.05, 4.69) is 5.32 Å². The van der Waals surface area contributed by atoms with Crippen LogP contribution in [0.4, 0.5) is 10.5 Å². The summed E-state index contributed by atoms with van der Waals surface area (Å²) in [5, 5.41) is 2.31. The number of hydrogen-bond acceptors (Lipinski definition) is 5. The summed E-state index contributed by atoms with van der Waals surface area (Å²) in [5.41, 5.74) is 2.10. The van der Waals surface area contributed by atoms with Gasteiger partial charge in [0.05, 0.1) is 12.6 Å². The Kier molecular flexibility index (Phi) is 4.50. The van der Waals surface area contributed by atoms with E-state index in [0.717, 1.165) is 17.7 Å². The Balaban J connectivity index is 1.36. The largest absolute Gasteiger partial charge is 0.379 e. The fraction of sp³-hybridized carbons (Fsp3) is 0.524. The van der Waals surface area contributed by atoms with Gasteiger partial charge < -0.3 is 14.5 Å². The molecule has 0 saturated carbocycles. The highest BCUT2D eigenvalue weighted by atomic mass is 16.5. The molecule has 2 unspecified atom stereocenters. The molecule has 3 fully saturated rings. The van der Waals surface area contributed by atoms with E-state index in [4.69, 9.17) is 4.74 Å². The molecule has 0 aromatic heterocycles. The number of nitrogens with zero attached hydrogens (tertiary/aromatic N) is 3. The number of rotatable bonds is 3. The predicted octanol–water partition coefficient (Wildman–Crippen LogP) is 0.867. The van der Waals surface area contributed by atoms with Crippen LogP contribution in [-0.4, -0.2) is 71.4 Å². The monoisotopic (exact) mass is 412 g/mol. The summed E-state index contributed by atoms with van der Waals surface area (Å²) in [6.07, 6.45) is 1.41. The van der Waals surface area contributed by atoms with Crippen molar-refractivity contribution < 1.29 is 23.9 Å². The van der Waals surface area contributed by atoms with E-state index in [9.17, 15) is 19.2 Å². The number of anilines is 1. The highest BCUT2D eigenvalue weighted by Gasteiger charge is 2.42. The second-order valence-electron chi connectivity index (χ2n) is 8.41. The van der Waals surface area contributed by atoms with Crippen LogP contribution in [0.2, 0.25) is 0 Å². The van der Waals surface area contributed by atoms with Gasteiger partial charge in [0.2, 0.25) is 11.8 Å². The fourth-order valence-corrected chi connectivity index (χ4v) is 4.96. The lowest BCUT2D eigenvalue weighted by Crippen LogP contribution is -2.52. The van der Waals surface area contributed by atoms with Crippen molar-refractivity contribution in [2.45, 2.75) is 50.9 Å². The van der Waals surface area contributed by atoms with E-state index in [0.29, 0.717) is 38.3 Å². The summed E-state index contributed by atoms with van der Waals surface area (Å²) < 4.78 is 5.46. The van der Waals surface area contributed by atoms with Crippen molar-refractivity contribution in [1.82, 2.24) is 15.1 Å². The van der Waals surface area contributed by atoms with E-state index in [1.807, 2.05) is 17.9 Å². The molecule has 3 atom stereocenters. The number of benzene rings is 1. The fourth-order valence-electron chi connectivity index (χ4n) is 4.96. The maximum Gasteiger partial charge on any atom is 0.325 e. The van der Waals surface area contributed by atoms with Crippen LogP contribution in [0.5, 0.6) is 0 Å². The van der Waals surface area contributed by atoms with Crippen molar-refractivity contribution in [3.05, 3.63) is 29.3 Å². The number of urea groups is 1. The zero-order valence-electron chi connectivity index (χ0n) is 16.8. The first-order valence-corrected chi connectivity index (χ1v) is 10.4. The summed E-state index contributed by atoms with van der Waals surface area (Å²) >= 11 is 0. The minimum Gasteiger partial charge on any atom is -0.379 e. The van der Waals surface area contributed by atoms with Gasteiger partial charge in [-0.3, -0.25) is 24.6 Å². The highest BCUT2D eigenvalue weighted by molar-refractivity contribution is 6.06. The maximum atomic E-state index is 13.1. The molecule has 0 aliphatic carbocycles. The SMILES string of the molecule is C[C@@H]1CN(c2ccc3c(c2)CN(C2CCC(=O)NC2=O)C3=O)C(=O)N1C1CCOC1. The number of carbonyl (C=O) groups excluding carboxylic acids is 4. The van der Waals surface area contributed by atoms with Gasteiger partial charge in [0.15, 0.2) is 0 Å². The molecule has 0 radical (unpaired) electrons. The number of carbonyl (C=O) groups is 4. The van der Waals surface area contributed by atoms with Gasteiger partial charge in [-0.1, -0.05) is 0 Å². The van der Waals surface area contributed by atoms with Gasteiger partial charge in [-0.25, -0.2) is 4.79 Å². The van der Waals surface area contributed by atoms with Crippen LogP contribution in [0.15, 0.2) is 18.2 Å². The topological polar surface area (TPSA) is 99.3 Å². The first-order chi connectivity index (χ1) is 14.4. The Hall–Kier alpha value is -2.94. The van der Waals surface area contributed by atoms with Crippen molar-refractivity contribution in [1.29, 1.82) is 0 Å². The zero-order chi connectivity index (χ0) is 21.0. The predicted molar refractivity (Wildman–Crippen MR) is 106 cm³/mol. The first-order valence-electron chi connectivity index (χ1n) is 10.4. The van der Waals surface area contributed by atoms with E-state index < -0.39 is 11.9 Å². The van der Waals surface area contributed by atoms with Crippen LogP contribution in [0.25, 0.3) is 0 Å². The lowest BCUT2D eigenvalue weighted by Gasteiger charge is -2.29. The second-order valence-corrected chi connectivity index (χ2v) is 8.41. The third kappa shape index (κ3) is 2.96. The van der Waals surface area contributed by atoms with Gasteiger partial charge in [0.25, 0.3) is 5.91 Å². The van der Waals surface area contributed by atoms with Crippen LogP contribution in [0.3, 0.4) is 0 Å². The maximum absolute atomic E-state index is 13.1. The lowest BCUT2D eigenvalue weighted by molar-refractivity contribution is -0.136. The third-order valence-electron chi connectivity index (χ3n) is 6.49. The van der Waals surface area contributed by atoms with Crippen LogP contribution in [0, 0.1) is 0 Å². The molecule has 3 saturated heterocycles.